The van der Waals surface area contributed by atoms with Crippen LogP contribution in [0.4, 0.5) is 0 Å². The van der Waals surface area contributed by atoms with Gasteiger partial charge in [0.2, 0.25) is 0 Å². The maximum Gasteiger partial charge on any atom is 0.133 e. The minimum atomic E-state index is 0.0561. The van der Waals surface area contributed by atoms with E-state index in [2.05, 4.69) is 15.9 Å². The summed E-state index contributed by atoms with van der Waals surface area (Å²) in [6.45, 7) is 4.01. The highest BCUT2D eigenvalue weighted by Crippen LogP contribution is 2.26. The molecule has 0 radical (unpaired) electrons. The van der Waals surface area contributed by atoms with Gasteiger partial charge in [0.05, 0.1) is 17.2 Å². The van der Waals surface area contributed by atoms with Gasteiger partial charge in [0.25, 0.3) is 0 Å². The molecule has 0 atom stereocenters. The second-order valence-electron chi connectivity index (χ2n) is 3.09. The predicted octanol–water partition coefficient (Wildman–Crippen LogP) is 2.73. The van der Waals surface area contributed by atoms with Crippen molar-refractivity contribution in [2.24, 2.45) is 0 Å². The molecule has 3 heteroatoms. The molecule has 0 aliphatic carbocycles. The molecule has 72 valence electrons. The summed E-state index contributed by atoms with van der Waals surface area (Å²) >= 11 is 3.38. The van der Waals surface area contributed by atoms with Gasteiger partial charge in [0.15, 0.2) is 0 Å². The van der Waals surface area contributed by atoms with Crippen molar-refractivity contribution >= 4 is 15.9 Å². The number of aliphatic hydroxyl groups excluding tert-OH is 1. The summed E-state index contributed by atoms with van der Waals surface area (Å²) in [7, 11) is 0. The largest absolute Gasteiger partial charge is 0.490 e. The van der Waals surface area contributed by atoms with E-state index in [0.29, 0.717) is 0 Å². The van der Waals surface area contributed by atoms with Crippen molar-refractivity contribution in [2.45, 2.75) is 26.6 Å². The second kappa shape index (κ2) is 4.63. The molecule has 0 heterocycles. The molecular formula is C10H13BrO2. The van der Waals surface area contributed by atoms with Gasteiger partial charge in [-0.2, -0.15) is 0 Å². The summed E-state index contributed by atoms with van der Waals surface area (Å²) in [5.41, 5.74) is 0.878. The van der Waals surface area contributed by atoms with Crippen LogP contribution in [0.5, 0.6) is 5.75 Å². The van der Waals surface area contributed by atoms with Crippen LogP contribution in [0.1, 0.15) is 19.4 Å². The molecule has 0 aliphatic heterocycles. The average Bonchev–Trinajstić information content (AvgIpc) is 2.08. The molecule has 0 spiro atoms. The van der Waals surface area contributed by atoms with E-state index in [1.165, 1.54) is 0 Å². The van der Waals surface area contributed by atoms with E-state index < -0.39 is 0 Å². The molecule has 1 aromatic rings. The molecule has 0 saturated carbocycles. The van der Waals surface area contributed by atoms with Crippen LogP contribution >= 0.6 is 15.9 Å². The fourth-order valence-corrected chi connectivity index (χ4v) is 1.51. The Morgan fingerprint density at radius 1 is 1.46 bits per heavy atom. The van der Waals surface area contributed by atoms with Crippen molar-refractivity contribution < 1.29 is 9.84 Å². The molecule has 0 saturated heterocycles. The second-order valence-corrected chi connectivity index (χ2v) is 3.94. The van der Waals surface area contributed by atoms with Gasteiger partial charge < -0.3 is 9.84 Å². The highest BCUT2D eigenvalue weighted by atomic mass is 79.9. The van der Waals surface area contributed by atoms with E-state index >= 15 is 0 Å². The first-order chi connectivity index (χ1) is 6.13. The Morgan fingerprint density at radius 2 is 2.15 bits per heavy atom. The maximum atomic E-state index is 8.87. The molecule has 1 N–H and O–H groups in total. The third kappa shape index (κ3) is 3.01. The van der Waals surface area contributed by atoms with E-state index in [9.17, 15) is 0 Å². The molecule has 0 aliphatic rings. The van der Waals surface area contributed by atoms with Gasteiger partial charge in [-0.15, -0.1) is 0 Å². The molecule has 0 amide bonds. The topological polar surface area (TPSA) is 29.5 Å². The Kier molecular flexibility index (Phi) is 3.75. The van der Waals surface area contributed by atoms with Crippen LogP contribution in [0, 0.1) is 0 Å². The fraction of sp³-hybridized carbons (Fsp3) is 0.400. The normalized spacial score (nSPS) is 10.5. The lowest BCUT2D eigenvalue weighted by Crippen LogP contribution is -2.06. The number of rotatable bonds is 3. The van der Waals surface area contributed by atoms with Crippen molar-refractivity contribution in [2.75, 3.05) is 0 Å². The van der Waals surface area contributed by atoms with Crippen LogP contribution < -0.4 is 4.74 Å². The van der Waals surface area contributed by atoms with Crippen molar-refractivity contribution in [3.63, 3.8) is 0 Å². The SMILES string of the molecule is CC(C)Oc1ccc(CO)cc1Br. The average molecular weight is 245 g/mol. The zero-order valence-electron chi connectivity index (χ0n) is 7.75. The first-order valence-corrected chi connectivity index (χ1v) is 4.98. The van der Waals surface area contributed by atoms with Gasteiger partial charge in [-0.05, 0) is 47.5 Å². The molecule has 0 bridgehead atoms. The fourth-order valence-electron chi connectivity index (χ4n) is 0.992. The van der Waals surface area contributed by atoms with Gasteiger partial charge in [-0.3, -0.25) is 0 Å². The number of hydrogen-bond donors (Lipinski definition) is 1. The van der Waals surface area contributed by atoms with Crippen LogP contribution in [-0.2, 0) is 6.61 Å². The summed E-state index contributed by atoms with van der Waals surface area (Å²) in [6, 6.07) is 5.57. The molecule has 0 unspecified atom stereocenters. The molecular weight excluding hydrogens is 232 g/mol. The van der Waals surface area contributed by atoms with Crippen LogP contribution in [0.15, 0.2) is 22.7 Å². The van der Waals surface area contributed by atoms with E-state index in [-0.39, 0.29) is 12.7 Å². The number of hydrogen-bond acceptors (Lipinski definition) is 2. The Balaban J connectivity index is 2.85. The summed E-state index contributed by atoms with van der Waals surface area (Å²) in [5.74, 6) is 0.812. The number of ether oxygens (including phenoxy) is 1. The predicted molar refractivity (Wildman–Crippen MR) is 55.8 cm³/mol. The highest BCUT2D eigenvalue weighted by Gasteiger charge is 2.03. The van der Waals surface area contributed by atoms with Crippen LogP contribution in [0.3, 0.4) is 0 Å². The molecule has 2 nitrogen and oxygen atoms in total. The number of halogens is 1. The lowest BCUT2D eigenvalue weighted by Gasteiger charge is -2.11. The zero-order chi connectivity index (χ0) is 9.84. The van der Waals surface area contributed by atoms with Crippen molar-refractivity contribution in [3.05, 3.63) is 28.2 Å². The van der Waals surface area contributed by atoms with Gasteiger partial charge >= 0.3 is 0 Å². The van der Waals surface area contributed by atoms with Gasteiger partial charge in [-0.1, -0.05) is 6.07 Å². The third-order valence-corrected chi connectivity index (χ3v) is 2.16. The van der Waals surface area contributed by atoms with Crippen LogP contribution in [-0.4, -0.2) is 11.2 Å². The molecule has 1 aromatic carbocycles. The minimum absolute atomic E-state index is 0.0561. The first kappa shape index (κ1) is 10.5. The summed E-state index contributed by atoms with van der Waals surface area (Å²) in [5, 5.41) is 8.87. The van der Waals surface area contributed by atoms with Crippen molar-refractivity contribution in [1.82, 2.24) is 0 Å². The van der Waals surface area contributed by atoms with Crippen LogP contribution in [0.25, 0.3) is 0 Å². The van der Waals surface area contributed by atoms with Crippen molar-refractivity contribution in [3.8, 4) is 5.75 Å². The standard InChI is InChI=1S/C10H13BrO2/c1-7(2)13-10-4-3-8(6-12)5-9(10)11/h3-5,7,12H,6H2,1-2H3. The van der Waals surface area contributed by atoms with Gasteiger partial charge in [0.1, 0.15) is 5.75 Å². The summed E-state index contributed by atoms with van der Waals surface area (Å²) in [6.07, 6.45) is 0.163. The summed E-state index contributed by atoms with van der Waals surface area (Å²) < 4.78 is 6.40. The maximum absolute atomic E-state index is 8.87. The van der Waals surface area contributed by atoms with Crippen LogP contribution in [0.2, 0.25) is 0 Å². The zero-order valence-corrected chi connectivity index (χ0v) is 9.34. The minimum Gasteiger partial charge on any atom is -0.490 e. The Labute approximate surface area is 86.7 Å². The smallest absolute Gasteiger partial charge is 0.133 e. The monoisotopic (exact) mass is 244 g/mol. The quantitative estimate of drug-likeness (QED) is 0.887. The number of aliphatic hydroxyl groups is 1. The Morgan fingerprint density at radius 3 is 2.62 bits per heavy atom. The highest BCUT2D eigenvalue weighted by molar-refractivity contribution is 9.10. The Bertz CT molecular complexity index is 284. The summed E-state index contributed by atoms with van der Waals surface area (Å²) in [4.78, 5) is 0. The molecule has 1 rings (SSSR count). The van der Waals surface area contributed by atoms with Crippen molar-refractivity contribution in [1.29, 1.82) is 0 Å². The molecule has 0 fully saturated rings. The van der Waals surface area contributed by atoms with E-state index in [1.54, 1.807) is 0 Å². The molecule has 13 heavy (non-hydrogen) atoms. The Hall–Kier alpha value is -0.540. The molecule has 0 aromatic heterocycles. The number of benzene rings is 1. The van der Waals surface area contributed by atoms with E-state index in [1.807, 2.05) is 32.0 Å². The van der Waals surface area contributed by atoms with Gasteiger partial charge in [0, 0.05) is 0 Å². The van der Waals surface area contributed by atoms with Gasteiger partial charge in [-0.25, -0.2) is 0 Å². The lowest BCUT2D eigenvalue weighted by atomic mass is 10.2. The van der Waals surface area contributed by atoms with E-state index in [0.717, 1.165) is 15.8 Å². The first-order valence-electron chi connectivity index (χ1n) is 4.19. The van der Waals surface area contributed by atoms with E-state index in [4.69, 9.17) is 9.84 Å². The third-order valence-electron chi connectivity index (χ3n) is 1.54. The lowest BCUT2D eigenvalue weighted by molar-refractivity contribution is 0.240.